The van der Waals surface area contributed by atoms with E-state index in [9.17, 15) is 9.90 Å². The smallest absolute Gasteiger partial charge is 0.407 e. The van der Waals surface area contributed by atoms with E-state index < -0.39 is 6.09 Å². The summed E-state index contributed by atoms with van der Waals surface area (Å²) in [6, 6.07) is 12.4. The van der Waals surface area contributed by atoms with Crippen molar-refractivity contribution < 1.29 is 19.4 Å². The van der Waals surface area contributed by atoms with Crippen molar-refractivity contribution in [2.45, 2.75) is 26.2 Å². The monoisotopic (exact) mass is 420 g/mol. The molecule has 2 N–H and O–H groups in total. The lowest BCUT2D eigenvalue weighted by molar-refractivity contribution is 0.150. The topological polar surface area (TPSA) is 74.8 Å². The number of nitrogens with zero attached hydrogens (tertiary/aromatic N) is 1. The summed E-state index contributed by atoms with van der Waals surface area (Å²) in [6.07, 6.45) is 1.88. The lowest BCUT2D eigenvalue weighted by Gasteiger charge is -2.24. The summed E-state index contributed by atoms with van der Waals surface area (Å²) < 4.78 is 10.9. The Labute approximate surface area is 182 Å². The van der Waals surface area contributed by atoms with E-state index in [1.54, 1.807) is 14.2 Å². The molecule has 0 saturated carbocycles. The van der Waals surface area contributed by atoms with Gasteiger partial charge in [0.25, 0.3) is 0 Å². The Kier molecular flexibility index (Phi) is 5.63. The average Bonchev–Trinajstić information content (AvgIpc) is 3.17. The minimum Gasteiger partial charge on any atom is -0.493 e. The normalized spacial score (nSPS) is 14.1. The zero-order valence-electron chi connectivity index (χ0n) is 18.4. The Bertz CT molecular complexity index is 1160. The second-order valence-electron chi connectivity index (χ2n) is 8.11. The third kappa shape index (κ3) is 3.85. The van der Waals surface area contributed by atoms with Gasteiger partial charge in [0, 0.05) is 29.6 Å². The molecule has 0 bridgehead atoms. The largest absolute Gasteiger partial charge is 0.493 e. The van der Waals surface area contributed by atoms with Gasteiger partial charge in [0.15, 0.2) is 11.5 Å². The Morgan fingerprint density at radius 1 is 1.06 bits per heavy atom. The van der Waals surface area contributed by atoms with Gasteiger partial charge in [-0.1, -0.05) is 26.0 Å². The van der Waals surface area contributed by atoms with Crippen LogP contribution in [0.3, 0.4) is 0 Å². The van der Waals surface area contributed by atoms with E-state index in [0.717, 1.165) is 28.8 Å². The maximum atomic E-state index is 11.2. The van der Waals surface area contributed by atoms with Crippen LogP contribution in [0, 0.1) is 0 Å². The second-order valence-corrected chi connectivity index (χ2v) is 8.11. The summed E-state index contributed by atoms with van der Waals surface area (Å²) in [7, 11) is 3.28. The van der Waals surface area contributed by atoms with Gasteiger partial charge in [-0.15, -0.1) is 0 Å². The summed E-state index contributed by atoms with van der Waals surface area (Å²) in [5.41, 5.74) is 6.82. The number of aromatic nitrogens is 1. The highest BCUT2D eigenvalue weighted by Gasteiger charge is 2.20. The fourth-order valence-electron chi connectivity index (χ4n) is 4.34. The number of amides is 1. The molecule has 2 heterocycles. The number of H-pyrrole nitrogens is 1. The summed E-state index contributed by atoms with van der Waals surface area (Å²) in [5.74, 6) is 1.72. The standard InChI is InChI=1S/C25H28N2O4/c1-15(2)23-19-13-17(16-9-11-27(12-10-16)25(28)29)5-7-20(19)26-24(23)18-6-8-21(30-3)22(14-18)31-4/h5-9,13-15,26H,10-12H2,1-4H3,(H,28,29). The Hall–Kier alpha value is -3.41. The average molecular weight is 421 g/mol. The molecular formula is C25H28N2O4. The number of hydrogen-bond donors (Lipinski definition) is 2. The molecule has 0 fully saturated rings. The maximum absolute atomic E-state index is 11.2. The third-order valence-corrected chi connectivity index (χ3v) is 5.94. The Morgan fingerprint density at radius 2 is 1.81 bits per heavy atom. The van der Waals surface area contributed by atoms with Crippen LogP contribution >= 0.6 is 0 Å². The predicted octanol–water partition coefficient (Wildman–Crippen LogP) is 5.74. The van der Waals surface area contributed by atoms with Crippen LogP contribution in [0.15, 0.2) is 42.5 Å². The highest BCUT2D eigenvalue weighted by Crippen LogP contribution is 2.40. The van der Waals surface area contributed by atoms with Crippen LogP contribution in [0.1, 0.15) is 37.3 Å². The molecule has 0 unspecified atom stereocenters. The summed E-state index contributed by atoms with van der Waals surface area (Å²) >= 11 is 0. The van der Waals surface area contributed by atoms with E-state index in [1.165, 1.54) is 21.4 Å². The minimum absolute atomic E-state index is 0.315. The minimum atomic E-state index is -0.863. The maximum Gasteiger partial charge on any atom is 0.407 e. The number of rotatable bonds is 5. The fraction of sp³-hybridized carbons (Fsp3) is 0.320. The number of methoxy groups -OCH3 is 2. The Balaban J connectivity index is 1.79. The van der Waals surface area contributed by atoms with Crippen molar-refractivity contribution in [2.75, 3.05) is 27.3 Å². The van der Waals surface area contributed by atoms with Crippen LogP contribution in [0.5, 0.6) is 11.5 Å². The number of carbonyl (C=O) groups is 1. The lowest BCUT2D eigenvalue weighted by Crippen LogP contribution is -2.33. The molecule has 0 saturated heterocycles. The van der Waals surface area contributed by atoms with Crippen molar-refractivity contribution >= 4 is 22.6 Å². The Morgan fingerprint density at radius 3 is 2.42 bits per heavy atom. The van der Waals surface area contributed by atoms with Crippen molar-refractivity contribution in [3.63, 3.8) is 0 Å². The summed E-state index contributed by atoms with van der Waals surface area (Å²) in [5, 5.41) is 10.4. The quantitative estimate of drug-likeness (QED) is 0.552. The zero-order chi connectivity index (χ0) is 22.1. The van der Waals surface area contributed by atoms with Gasteiger partial charge in [-0.05, 0) is 59.4 Å². The first kappa shape index (κ1) is 20.8. The molecule has 0 atom stereocenters. The molecule has 3 aromatic rings. The molecule has 0 radical (unpaired) electrons. The lowest BCUT2D eigenvalue weighted by atomic mass is 9.93. The van der Waals surface area contributed by atoms with Gasteiger partial charge >= 0.3 is 6.09 Å². The van der Waals surface area contributed by atoms with Crippen LogP contribution in [-0.4, -0.2) is 48.4 Å². The number of ether oxygens (including phenoxy) is 2. The third-order valence-electron chi connectivity index (χ3n) is 5.94. The number of carboxylic acid groups (broad SMARTS) is 1. The highest BCUT2D eigenvalue weighted by atomic mass is 16.5. The highest BCUT2D eigenvalue weighted by molar-refractivity contribution is 5.94. The number of benzene rings is 2. The molecule has 1 aliphatic rings. The van der Waals surface area contributed by atoms with Crippen LogP contribution in [0.2, 0.25) is 0 Å². The first-order valence-corrected chi connectivity index (χ1v) is 10.5. The fourth-order valence-corrected chi connectivity index (χ4v) is 4.34. The molecule has 31 heavy (non-hydrogen) atoms. The molecule has 4 rings (SSSR count). The zero-order valence-corrected chi connectivity index (χ0v) is 18.4. The van der Waals surface area contributed by atoms with Crippen LogP contribution in [-0.2, 0) is 0 Å². The molecule has 1 aromatic heterocycles. The van der Waals surface area contributed by atoms with Crippen molar-refractivity contribution in [3.05, 3.63) is 53.6 Å². The number of aromatic amines is 1. The van der Waals surface area contributed by atoms with Gasteiger partial charge < -0.3 is 24.5 Å². The molecule has 1 aliphatic heterocycles. The van der Waals surface area contributed by atoms with Gasteiger partial charge in [0.05, 0.1) is 19.9 Å². The van der Waals surface area contributed by atoms with Crippen LogP contribution in [0.25, 0.3) is 27.7 Å². The van der Waals surface area contributed by atoms with Gasteiger partial charge in [0.1, 0.15) is 0 Å². The molecule has 0 aliphatic carbocycles. The van der Waals surface area contributed by atoms with E-state index in [-0.39, 0.29) is 0 Å². The first-order valence-electron chi connectivity index (χ1n) is 10.5. The number of nitrogens with one attached hydrogen (secondary N) is 1. The van der Waals surface area contributed by atoms with Crippen molar-refractivity contribution in [2.24, 2.45) is 0 Å². The van der Waals surface area contributed by atoms with E-state index in [1.807, 2.05) is 24.3 Å². The number of fused-ring (bicyclic) bond motifs is 1. The van der Waals surface area contributed by atoms with E-state index in [0.29, 0.717) is 30.5 Å². The van der Waals surface area contributed by atoms with Crippen molar-refractivity contribution in [1.82, 2.24) is 9.88 Å². The van der Waals surface area contributed by atoms with Crippen LogP contribution in [0.4, 0.5) is 4.79 Å². The summed E-state index contributed by atoms with van der Waals surface area (Å²) in [4.78, 5) is 16.2. The molecule has 0 spiro atoms. The van der Waals surface area contributed by atoms with Gasteiger partial charge in [0.2, 0.25) is 0 Å². The van der Waals surface area contributed by atoms with Crippen LogP contribution < -0.4 is 9.47 Å². The molecule has 6 nitrogen and oxygen atoms in total. The molecule has 2 aromatic carbocycles. The van der Waals surface area contributed by atoms with Crippen molar-refractivity contribution in [3.8, 4) is 22.8 Å². The first-order chi connectivity index (χ1) is 14.9. The van der Waals surface area contributed by atoms with E-state index in [4.69, 9.17) is 9.47 Å². The molecule has 1 amide bonds. The van der Waals surface area contributed by atoms with E-state index >= 15 is 0 Å². The van der Waals surface area contributed by atoms with E-state index in [2.05, 4.69) is 37.0 Å². The van der Waals surface area contributed by atoms with Gasteiger partial charge in [-0.25, -0.2) is 4.79 Å². The SMILES string of the molecule is COc1ccc(-c2[nH]c3ccc(C4=CCN(C(=O)O)CC4)cc3c2C(C)C)cc1OC. The predicted molar refractivity (Wildman–Crippen MR) is 123 cm³/mol. The van der Waals surface area contributed by atoms with Gasteiger partial charge in [-0.2, -0.15) is 0 Å². The van der Waals surface area contributed by atoms with Gasteiger partial charge in [-0.3, -0.25) is 0 Å². The summed E-state index contributed by atoms with van der Waals surface area (Å²) in [6.45, 7) is 5.36. The van der Waals surface area contributed by atoms with Crippen molar-refractivity contribution in [1.29, 1.82) is 0 Å². The molecule has 162 valence electrons. The number of hydrogen-bond acceptors (Lipinski definition) is 3. The molecular weight excluding hydrogens is 392 g/mol. The molecule has 6 heteroatoms. The second kappa shape index (κ2) is 8.38.